The Labute approximate surface area is 156 Å². The van der Waals surface area contributed by atoms with Crippen molar-refractivity contribution >= 4 is 33.4 Å². The van der Waals surface area contributed by atoms with Gasteiger partial charge in [0.15, 0.2) is 5.43 Å². The second-order valence-corrected chi connectivity index (χ2v) is 6.38. The van der Waals surface area contributed by atoms with Gasteiger partial charge in [0.25, 0.3) is 5.91 Å². The average molecular weight is 357 g/mol. The zero-order chi connectivity index (χ0) is 18.8. The molecule has 0 saturated heterocycles. The van der Waals surface area contributed by atoms with E-state index in [4.69, 9.17) is 0 Å². The minimum Gasteiger partial charge on any atom is -0.331 e. The summed E-state index contributed by atoms with van der Waals surface area (Å²) in [7, 11) is 1.80. The summed E-state index contributed by atoms with van der Waals surface area (Å²) >= 11 is 0. The van der Waals surface area contributed by atoms with Crippen molar-refractivity contribution in [1.82, 2.24) is 9.99 Å². The maximum Gasteiger partial charge on any atom is 0.258 e. The van der Waals surface area contributed by atoms with Gasteiger partial charge in [-0.1, -0.05) is 42.5 Å². The number of nitrogens with zero attached hydrogens (tertiary/aromatic N) is 2. The molecule has 0 spiro atoms. The lowest BCUT2D eigenvalue weighted by Gasteiger charge is -2.21. The molecule has 0 radical (unpaired) electrons. The van der Waals surface area contributed by atoms with E-state index < -0.39 is 0 Å². The Hall–Kier alpha value is -3.60. The highest BCUT2D eigenvalue weighted by molar-refractivity contribution is 5.95. The van der Waals surface area contributed by atoms with Gasteiger partial charge in [-0.15, -0.1) is 0 Å². The van der Waals surface area contributed by atoms with E-state index >= 15 is 0 Å². The minimum atomic E-state index is -0.166. The van der Waals surface area contributed by atoms with Crippen LogP contribution in [0.2, 0.25) is 0 Å². The molecule has 0 unspecified atom stereocenters. The van der Waals surface area contributed by atoms with Crippen LogP contribution in [0.4, 0.5) is 5.69 Å². The molecule has 1 N–H and O–H groups in total. The minimum absolute atomic E-state index is 0.0146. The van der Waals surface area contributed by atoms with Crippen molar-refractivity contribution in [2.45, 2.75) is 6.54 Å². The van der Waals surface area contributed by atoms with E-state index in [9.17, 15) is 9.59 Å². The van der Waals surface area contributed by atoms with Gasteiger partial charge in [-0.2, -0.15) is 0 Å². The van der Waals surface area contributed by atoms with Crippen molar-refractivity contribution in [3.05, 3.63) is 89.1 Å². The van der Waals surface area contributed by atoms with Crippen molar-refractivity contribution in [3.8, 4) is 0 Å². The number of nitrogens with one attached hydrogen (secondary N) is 1. The van der Waals surface area contributed by atoms with Crippen LogP contribution in [-0.2, 0) is 11.3 Å². The third kappa shape index (κ3) is 3.15. The van der Waals surface area contributed by atoms with Crippen LogP contribution < -0.4 is 15.9 Å². The van der Waals surface area contributed by atoms with Crippen LogP contribution >= 0.6 is 0 Å². The Morgan fingerprint density at radius 3 is 1.96 bits per heavy atom. The van der Waals surface area contributed by atoms with E-state index in [1.807, 2.05) is 71.3 Å². The van der Waals surface area contributed by atoms with E-state index in [2.05, 4.69) is 5.43 Å². The van der Waals surface area contributed by atoms with Crippen molar-refractivity contribution in [3.63, 3.8) is 0 Å². The first kappa shape index (κ1) is 16.8. The number of pyridine rings is 1. The fourth-order valence-corrected chi connectivity index (χ4v) is 3.33. The molecule has 4 rings (SSSR count). The van der Waals surface area contributed by atoms with Gasteiger partial charge < -0.3 is 4.57 Å². The molecule has 0 aliphatic heterocycles. The van der Waals surface area contributed by atoms with Crippen LogP contribution in [0.15, 0.2) is 83.7 Å². The zero-order valence-electron chi connectivity index (χ0n) is 14.9. The molecular weight excluding hydrogens is 338 g/mol. The van der Waals surface area contributed by atoms with Crippen molar-refractivity contribution < 1.29 is 4.79 Å². The Balaban J connectivity index is 1.73. The van der Waals surface area contributed by atoms with E-state index in [1.165, 1.54) is 0 Å². The first-order valence-electron chi connectivity index (χ1n) is 8.74. The van der Waals surface area contributed by atoms with Gasteiger partial charge in [-0.3, -0.25) is 20.0 Å². The van der Waals surface area contributed by atoms with Gasteiger partial charge in [-0.25, -0.2) is 0 Å². The fourth-order valence-electron chi connectivity index (χ4n) is 3.33. The fraction of sp³-hybridized carbons (Fsp3) is 0.0909. The summed E-state index contributed by atoms with van der Waals surface area (Å²) in [5.41, 5.74) is 5.26. The van der Waals surface area contributed by atoms with E-state index in [1.54, 1.807) is 24.2 Å². The summed E-state index contributed by atoms with van der Waals surface area (Å²) in [5.74, 6) is -0.166. The molecule has 0 aliphatic rings. The van der Waals surface area contributed by atoms with Crippen molar-refractivity contribution in [1.29, 1.82) is 0 Å². The Morgan fingerprint density at radius 2 is 1.37 bits per heavy atom. The first-order valence-corrected chi connectivity index (χ1v) is 8.74. The molecule has 0 saturated carbocycles. The Morgan fingerprint density at radius 1 is 0.852 bits per heavy atom. The highest BCUT2D eigenvalue weighted by atomic mass is 16.2. The molecule has 1 amide bonds. The Bertz CT molecular complexity index is 1120. The lowest BCUT2D eigenvalue weighted by Crippen LogP contribution is -2.41. The largest absolute Gasteiger partial charge is 0.331 e. The van der Waals surface area contributed by atoms with Crippen LogP contribution in [0.3, 0.4) is 0 Å². The van der Waals surface area contributed by atoms with Crippen LogP contribution in [0.5, 0.6) is 0 Å². The molecule has 0 atom stereocenters. The van der Waals surface area contributed by atoms with Crippen LogP contribution in [0, 0.1) is 0 Å². The highest BCUT2D eigenvalue weighted by Gasteiger charge is 2.13. The number of hydrogen-bond acceptors (Lipinski definition) is 3. The number of para-hydroxylation sites is 3. The molecule has 1 aromatic heterocycles. The lowest BCUT2D eigenvalue weighted by atomic mass is 10.1. The molecule has 27 heavy (non-hydrogen) atoms. The molecule has 5 nitrogen and oxygen atoms in total. The second kappa shape index (κ2) is 6.96. The lowest BCUT2D eigenvalue weighted by molar-refractivity contribution is -0.121. The van der Waals surface area contributed by atoms with Crippen molar-refractivity contribution in [2.24, 2.45) is 0 Å². The van der Waals surface area contributed by atoms with Gasteiger partial charge >= 0.3 is 0 Å². The predicted molar refractivity (Wildman–Crippen MR) is 109 cm³/mol. The molecule has 1 heterocycles. The SMILES string of the molecule is CN(NC(=O)Cn1c2ccccc2c(=O)c2ccccc21)c1ccccc1. The number of carbonyl (C=O) groups excluding carboxylic acids is 1. The zero-order valence-corrected chi connectivity index (χ0v) is 14.9. The number of hydrazine groups is 1. The van der Waals surface area contributed by atoms with Gasteiger partial charge in [0.2, 0.25) is 0 Å². The number of benzene rings is 3. The number of rotatable bonds is 4. The quantitative estimate of drug-likeness (QED) is 0.450. The predicted octanol–water partition coefficient (Wildman–Crippen LogP) is 3.32. The van der Waals surface area contributed by atoms with E-state index in [-0.39, 0.29) is 17.9 Å². The molecule has 5 heteroatoms. The van der Waals surface area contributed by atoms with Crippen molar-refractivity contribution in [2.75, 3.05) is 12.1 Å². The summed E-state index contributed by atoms with van der Waals surface area (Å²) in [4.78, 5) is 25.5. The monoisotopic (exact) mass is 357 g/mol. The number of amides is 1. The summed E-state index contributed by atoms with van der Waals surface area (Å²) in [6.07, 6.45) is 0. The molecule has 3 aromatic carbocycles. The second-order valence-electron chi connectivity index (χ2n) is 6.38. The van der Waals surface area contributed by atoms with Gasteiger partial charge in [0, 0.05) is 17.8 Å². The summed E-state index contributed by atoms with van der Waals surface area (Å²) in [6.45, 7) is 0.110. The van der Waals surface area contributed by atoms with Crippen LogP contribution in [0.1, 0.15) is 0 Å². The molecule has 0 fully saturated rings. The third-order valence-electron chi connectivity index (χ3n) is 4.62. The first-order chi connectivity index (χ1) is 13.1. The van der Waals surface area contributed by atoms with Crippen LogP contribution in [0.25, 0.3) is 21.8 Å². The summed E-state index contributed by atoms with van der Waals surface area (Å²) in [5, 5.41) is 2.91. The Kier molecular flexibility index (Phi) is 4.34. The van der Waals surface area contributed by atoms with E-state index in [0.717, 1.165) is 16.7 Å². The average Bonchev–Trinajstić information content (AvgIpc) is 2.72. The number of aromatic nitrogens is 1. The number of anilines is 1. The van der Waals surface area contributed by atoms with Gasteiger partial charge in [0.05, 0.1) is 16.7 Å². The summed E-state index contributed by atoms with van der Waals surface area (Å²) < 4.78 is 1.89. The standard InChI is InChI=1S/C22H19N3O2/c1-24(16-9-3-2-4-10-16)23-21(26)15-25-19-13-7-5-11-17(19)22(27)18-12-6-8-14-20(18)25/h2-14H,15H2,1H3,(H,23,26). The molecule has 0 bridgehead atoms. The van der Waals surface area contributed by atoms with E-state index in [0.29, 0.717) is 10.8 Å². The number of hydrogen-bond donors (Lipinski definition) is 1. The third-order valence-corrected chi connectivity index (χ3v) is 4.62. The molecule has 4 aromatic rings. The number of fused-ring (bicyclic) bond motifs is 2. The molecule has 0 aliphatic carbocycles. The smallest absolute Gasteiger partial charge is 0.258 e. The van der Waals surface area contributed by atoms with Gasteiger partial charge in [0.1, 0.15) is 6.54 Å². The molecular formula is C22H19N3O2. The topological polar surface area (TPSA) is 54.3 Å². The number of carbonyl (C=O) groups is 1. The maximum atomic E-state index is 12.8. The highest BCUT2D eigenvalue weighted by Crippen LogP contribution is 2.19. The maximum absolute atomic E-state index is 12.8. The van der Waals surface area contributed by atoms with Crippen LogP contribution in [-0.4, -0.2) is 17.5 Å². The molecule has 134 valence electrons. The normalized spacial score (nSPS) is 10.9. The summed E-state index contributed by atoms with van der Waals surface area (Å²) in [6, 6.07) is 24.4. The van der Waals surface area contributed by atoms with Gasteiger partial charge in [-0.05, 0) is 36.4 Å².